The van der Waals surface area contributed by atoms with E-state index in [9.17, 15) is 34.8 Å². The van der Waals surface area contributed by atoms with E-state index < -0.39 is 36.4 Å². The van der Waals surface area contributed by atoms with Gasteiger partial charge in [-0.1, -0.05) is 30.3 Å². The van der Waals surface area contributed by atoms with Gasteiger partial charge in [-0.3, -0.25) is 0 Å². The Morgan fingerprint density at radius 1 is 0.950 bits per heavy atom. The highest BCUT2D eigenvalue weighted by molar-refractivity contribution is 5.86. The molecule has 0 atom stereocenters. The van der Waals surface area contributed by atoms with Crippen molar-refractivity contribution in [2.24, 2.45) is 0 Å². The third-order valence-electron chi connectivity index (χ3n) is 2.00. The molecule has 8 nitrogen and oxygen atoms in total. The van der Waals surface area contributed by atoms with Crippen molar-refractivity contribution in [1.29, 1.82) is 0 Å². The second kappa shape index (κ2) is 7.74. The van der Waals surface area contributed by atoms with Gasteiger partial charge in [0.15, 0.2) is 0 Å². The highest BCUT2D eigenvalue weighted by Crippen LogP contribution is 2.13. The van der Waals surface area contributed by atoms with Crippen LogP contribution in [0.5, 0.6) is 5.75 Å². The number of para-hydroxylation sites is 1. The van der Waals surface area contributed by atoms with Crippen LogP contribution in [0.4, 0.5) is 0 Å². The van der Waals surface area contributed by atoms with E-state index in [2.05, 4.69) is 0 Å². The van der Waals surface area contributed by atoms with Gasteiger partial charge in [-0.25, -0.2) is 0 Å². The number of hydrogen-bond acceptors (Lipinski definition) is 8. The van der Waals surface area contributed by atoms with Crippen molar-refractivity contribution in [3.05, 3.63) is 30.3 Å². The zero-order valence-corrected chi connectivity index (χ0v) is 10.1. The summed E-state index contributed by atoms with van der Waals surface area (Å²) in [5.74, 6) is -5.91. The van der Waals surface area contributed by atoms with E-state index >= 15 is 0 Å². The van der Waals surface area contributed by atoms with Crippen LogP contribution in [0.3, 0.4) is 0 Å². The van der Waals surface area contributed by atoms with Gasteiger partial charge < -0.3 is 39.9 Å². The number of benzene rings is 1. The van der Waals surface area contributed by atoms with Crippen LogP contribution < -0.4 is 20.4 Å². The van der Waals surface area contributed by atoms with Crippen LogP contribution in [0.2, 0.25) is 0 Å². The number of carboxylic acid groups (broad SMARTS) is 3. The van der Waals surface area contributed by atoms with Crippen molar-refractivity contribution in [1.82, 2.24) is 0 Å². The van der Waals surface area contributed by atoms with E-state index in [1.165, 1.54) is 12.1 Å². The molecular weight excluding hydrogens is 272 g/mol. The molecule has 0 aliphatic carbocycles. The number of carboxylic acids is 3. The summed E-state index contributed by atoms with van der Waals surface area (Å²) >= 11 is 0. The highest BCUT2D eigenvalue weighted by atomic mass is 16.4. The van der Waals surface area contributed by atoms with Crippen LogP contribution in [0.15, 0.2) is 30.3 Å². The molecule has 0 aliphatic rings. The fraction of sp³-hybridized carbons (Fsp3) is 0.250. The largest absolute Gasteiger partial charge is 0.872 e. The zero-order chi connectivity index (χ0) is 15.8. The van der Waals surface area contributed by atoms with Crippen LogP contribution in [0.25, 0.3) is 0 Å². The Balaban J connectivity index is 0.000000428. The molecule has 0 aromatic heterocycles. The minimum absolute atomic E-state index is 0.0718. The molecule has 8 heteroatoms. The Morgan fingerprint density at radius 3 is 1.55 bits per heavy atom. The van der Waals surface area contributed by atoms with Gasteiger partial charge in [0.05, 0.1) is 5.97 Å². The SMILES string of the molecule is O=C([O-])CC(O)(CC(=O)[O-])C(=O)[O-].[O-]c1ccccc1. The summed E-state index contributed by atoms with van der Waals surface area (Å²) in [6.07, 6.45) is -2.72. The molecule has 0 bridgehead atoms. The minimum Gasteiger partial charge on any atom is -0.872 e. The first-order chi connectivity index (χ1) is 9.17. The van der Waals surface area contributed by atoms with E-state index in [1.54, 1.807) is 12.1 Å². The number of carbonyl (C=O) groups excluding carboxylic acids is 3. The molecule has 0 saturated heterocycles. The van der Waals surface area contributed by atoms with Crippen molar-refractivity contribution in [2.45, 2.75) is 18.4 Å². The minimum atomic E-state index is -2.97. The molecule has 0 fully saturated rings. The fourth-order valence-electron chi connectivity index (χ4n) is 1.10. The Kier molecular flexibility index (Phi) is 6.73. The predicted octanol–water partition coefficient (Wildman–Crippen LogP) is -4.49. The molecule has 0 aliphatic heterocycles. The third-order valence-corrected chi connectivity index (χ3v) is 2.00. The number of hydrogen-bond donors (Lipinski definition) is 1. The van der Waals surface area contributed by atoms with E-state index in [-0.39, 0.29) is 5.75 Å². The lowest BCUT2D eigenvalue weighted by molar-refractivity contribution is -0.339. The van der Waals surface area contributed by atoms with Gasteiger partial charge in [-0.05, 0) is 0 Å². The molecular formula is C12H10O8-4. The average Bonchev–Trinajstić information content (AvgIpc) is 2.28. The molecule has 0 amide bonds. The van der Waals surface area contributed by atoms with Gasteiger partial charge in [0.1, 0.15) is 5.60 Å². The van der Waals surface area contributed by atoms with Gasteiger partial charge in [0, 0.05) is 24.8 Å². The van der Waals surface area contributed by atoms with Crippen molar-refractivity contribution in [2.75, 3.05) is 0 Å². The lowest BCUT2D eigenvalue weighted by Gasteiger charge is -2.29. The topological polar surface area (TPSA) is 164 Å². The molecule has 1 N–H and O–H groups in total. The van der Waals surface area contributed by atoms with E-state index in [0.717, 1.165) is 0 Å². The molecule has 0 spiro atoms. The Labute approximate surface area is 113 Å². The monoisotopic (exact) mass is 282 g/mol. The van der Waals surface area contributed by atoms with Crippen LogP contribution >= 0.6 is 0 Å². The number of rotatable bonds is 5. The summed E-state index contributed by atoms with van der Waals surface area (Å²) in [5.41, 5.74) is -2.97. The van der Waals surface area contributed by atoms with Crippen LogP contribution in [-0.4, -0.2) is 28.6 Å². The third kappa shape index (κ3) is 6.97. The summed E-state index contributed by atoms with van der Waals surface area (Å²) in [5, 5.41) is 49.2. The zero-order valence-electron chi connectivity index (χ0n) is 10.1. The lowest BCUT2D eigenvalue weighted by atomic mass is 9.96. The molecule has 0 heterocycles. The van der Waals surface area contributed by atoms with Crippen LogP contribution in [-0.2, 0) is 14.4 Å². The van der Waals surface area contributed by atoms with Gasteiger partial charge in [0.2, 0.25) is 0 Å². The second-order valence-electron chi connectivity index (χ2n) is 3.73. The molecule has 0 saturated carbocycles. The van der Waals surface area contributed by atoms with Crippen molar-refractivity contribution >= 4 is 17.9 Å². The molecule has 1 rings (SSSR count). The molecule has 1 aromatic rings. The van der Waals surface area contributed by atoms with Gasteiger partial charge in [0.25, 0.3) is 0 Å². The molecule has 110 valence electrons. The molecule has 20 heavy (non-hydrogen) atoms. The fourth-order valence-corrected chi connectivity index (χ4v) is 1.10. The van der Waals surface area contributed by atoms with Gasteiger partial charge in [-0.2, -0.15) is 0 Å². The van der Waals surface area contributed by atoms with Gasteiger partial charge in [-0.15, -0.1) is 5.75 Å². The van der Waals surface area contributed by atoms with Gasteiger partial charge >= 0.3 is 0 Å². The Bertz CT molecular complexity index is 452. The first kappa shape index (κ1) is 17.4. The summed E-state index contributed by atoms with van der Waals surface area (Å²) < 4.78 is 0. The number of aliphatic carboxylic acids is 3. The molecule has 0 radical (unpaired) electrons. The maximum absolute atomic E-state index is 10.3. The van der Waals surface area contributed by atoms with E-state index in [0.29, 0.717) is 0 Å². The van der Waals surface area contributed by atoms with E-state index in [4.69, 9.17) is 5.11 Å². The molecule has 0 unspecified atom stereocenters. The van der Waals surface area contributed by atoms with Crippen LogP contribution in [0, 0.1) is 0 Å². The second-order valence-corrected chi connectivity index (χ2v) is 3.73. The lowest BCUT2D eigenvalue weighted by Crippen LogP contribution is -2.54. The van der Waals surface area contributed by atoms with Crippen molar-refractivity contribution in [3.8, 4) is 5.75 Å². The predicted molar refractivity (Wildman–Crippen MR) is 55.1 cm³/mol. The Hall–Kier alpha value is -2.61. The normalized spacial score (nSPS) is 10.1. The number of carbonyl (C=O) groups is 3. The standard InChI is InChI=1S/C6H8O7.C6H6O/c7-3(8)1-6(13,5(11)12)2-4(9)10;7-6-4-2-1-3-5-6/h13H,1-2H2,(H,7,8)(H,9,10)(H,11,12);1-5,7H/p-4. The first-order valence-corrected chi connectivity index (χ1v) is 5.23. The van der Waals surface area contributed by atoms with Crippen molar-refractivity contribution < 1.29 is 39.9 Å². The summed E-state index contributed by atoms with van der Waals surface area (Å²) in [6.45, 7) is 0. The first-order valence-electron chi connectivity index (χ1n) is 5.23. The quantitative estimate of drug-likeness (QED) is 0.564. The maximum Gasteiger partial charge on any atom is 0.114 e. The molecule has 1 aromatic carbocycles. The van der Waals surface area contributed by atoms with E-state index in [1.807, 2.05) is 6.07 Å². The highest BCUT2D eigenvalue weighted by Gasteiger charge is 2.29. The maximum atomic E-state index is 10.3. The Morgan fingerprint density at radius 2 is 1.35 bits per heavy atom. The number of aliphatic hydroxyl groups is 1. The summed E-state index contributed by atoms with van der Waals surface area (Å²) in [4.78, 5) is 30.0. The summed E-state index contributed by atoms with van der Waals surface area (Å²) in [6, 6.07) is 8.33. The van der Waals surface area contributed by atoms with Crippen LogP contribution in [0.1, 0.15) is 12.8 Å². The smallest absolute Gasteiger partial charge is 0.114 e. The summed E-state index contributed by atoms with van der Waals surface area (Å²) in [7, 11) is 0. The average molecular weight is 282 g/mol. The van der Waals surface area contributed by atoms with Crippen molar-refractivity contribution in [3.63, 3.8) is 0 Å².